The van der Waals surface area contributed by atoms with Gasteiger partial charge in [-0.2, -0.15) is 4.68 Å². The van der Waals surface area contributed by atoms with Crippen molar-refractivity contribution in [1.82, 2.24) is 19.8 Å². The number of carbonyl (C=O) groups excluding carboxylic acids is 1. The SMILES string of the molecule is CCCc1nn(C(=O)NC(C)(C)CCl)c(=O)n1N. The maximum atomic E-state index is 11.9. The van der Waals surface area contributed by atoms with Crippen LogP contribution in [0.5, 0.6) is 0 Å². The second kappa shape index (κ2) is 5.43. The van der Waals surface area contributed by atoms with Crippen LogP contribution >= 0.6 is 11.6 Å². The van der Waals surface area contributed by atoms with Crippen LogP contribution in [0.15, 0.2) is 4.79 Å². The molecule has 1 amide bonds. The van der Waals surface area contributed by atoms with Crippen LogP contribution in [0.3, 0.4) is 0 Å². The van der Waals surface area contributed by atoms with Gasteiger partial charge >= 0.3 is 11.7 Å². The maximum Gasteiger partial charge on any atom is 0.373 e. The molecule has 8 heteroatoms. The summed E-state index contributed by atoms with van der Waals surface area (Å²) in [5.74, 6) is 6.14. The molecule has 1 heterocycles. The smallest absolute Gasteiger partial charge is 0.333 e. The van der Waals surface area contributed by atoms with Gasteiger partial charge in [-0.1, -0.05) is 6.92 Å². The van der Waals surface area contributed by atoms with Gasteiger partial charge in [0.05, 0.1) is 0 Å². The Morgan fingerprint density at radius 1 is 1.56 bits per heavy atom. The largest absolute Gasteiger partial charge is 0.373 e. The predicted octanol–water partition coefficient (Wildman–Crippen LogP) is 0.286. The monoisotopic (exact) mass is 275 g/mol. The van der Waals surface area contributed by atoms with Crippen molar-refractivity contribution in [3.63, 3.8) is 0 Å². The van der Waals surface area contributed by atoms with Crippen LogP contribution in [0, 0.1) is 0 Å². The van der Waals surface area contributed by atoms with Crippen molar-refractivity contribution in [2.75, 3.05) is 11.7 Å². The molecule has 18 heavy (non-hydrogen) atoms. The Kier molecular flexibility index (Phi) is 4.39. The molecule has 0 atom stereocenters. The number of halogens is 1. The number of nitrogens with one attached hydrogen (secondary N) is 1. The van der Waals surface area contributed by atoms with E-state index in [1.165, 1.54) is 0 Å². The molecule has 0 fully saturated rings. The molecule has 0 bridgehead atoms. The Bertz CT molecular complexity index is 491. The second-order valence-corrected chi connectivity index (χ2v) is 4.95. The van der Waals surface area contributed by atoms with Crippen molar-refractivity contribution < 1.29 is 4.79 Å². The molecule has 0 aliphatic heterocycles. The summed E-state index contributed by atoms with van der Waals surface area (Å²) >= 11 is 5.70. The highest BCUT2D eigenvalue weighted by atomic mass is 35.5. The fourth-order valence-electron chi connectivity index (χ4n) is 1.32. The first-order valence-electron chi connectivity index (χ1n) is 5.67. The Hall–Kier alpha value is -1.50. The first-order chi connectivity index (χ1) is 8.32. The molecular formula is C10H18ClN5O2. The van der Waals surface area contributed by atoms with Crippen LogP contribution in [-0.4, -0.2) is 31.9 Å². The molecule has 0 unspecified atom stereocenters. The second-order valence-electron chi connectivity index (χ2n) is 4.68. The molecule has 1 rings (SSSR count). The van der Waals surface area contributed by atoms with E-state index in [1.807, 2.05) is 6.92 Å². The van der Waals surface area contributed by atoms with E-state index in [4.69, 9.17) is 17.4 Å². The van der Waals surface area contributed by atoms with E-state index in [2.05, 4.69) is 10.4 Å². The zero-order valence-corrected chi connectivity index (χ0v) is 11.5. The van der Waals surface area contributed by atoms with Gasteiger partial charge < -0.3 is 11.2 Å². The van der Waals surface area contributed by atoms with Gasteiger partial charge in [-0.25, -0.2) is 9.59 Å². The van der Waals surface area contributed by atoms with Crippen LogP contribution in [0.1, 0.15) is 33.0 Å². The third-order valence-electron chi connectivity index (χ3n) is 2.33. The zero-order chi connectivity index (χ0) is 13.9. The van der Waals surface area contributed by atoms with E-state index in [1.54, 1.807) is 13.8 Å². The summed E-state index contributed by atoms with van der Waals surface area (Å²) in [6.07, 6.45) is 1.31. The van der Waals surface area contributed by atoms with Crippen LogP contribution in [-0.2, 0) is 6.42 Å². The van der Waals surface area contributed by atoms with Crippen LogP contribution in [0.4, 0.5) is 4.79 Å². The Morgan fingerprint density at radius 2 is 2.17 bits per heavy atom. The molecule has 7 nitrogen and oxygen atoms in total. The summed E-state index contributed by atoms with van der Waals surface area (Å²) < 4.78 is 1.61. The normalized spacial score (nSPS) is 11.6. The van der Waals surface area contributed by atoms with Gasteiger partial charge in [0.15, 0.2) is 5.82 Å². The first kappa shape index (κ1) is 14.6. The number of hydrogen-bond acceptors (Lipinski definition) is 4. The minimum atomic E-state index is -0.665. The fraction of sp³-hybridized carbons (Fsp3) is 0.700. The number of rotatable bonds is 4. The molecule has 0 aliphatic carbocycles. The van der Waals surface area contributed by atoms with Crippen LogP contribution in [0.25, 0.3) is 0 Å². The quantitative estimate of drug-likeness (QED) is 0.610. The fourth-order valence-corrected chi connectivity index (χ4v) is 1.39. The summed E-state index contributed by atoms with van der Waals surface area (Å²) in [6, 6.07) is -0.632. The van der Waals surface area contributed by atoms with Gasteiger partial charge in [0.2, 0.25) is 0 Å². The lowest BCUT2D eigenvalue weighted by Gasteiger charge is -2.22. The number of nitrogen functional groups attached to an aromatic ring is 1. The van der Waals surface area contributed by atoms with Gasteiger partial charge in [-0.15, -0.1) is 21.4 Å². The van der Waals surface area contributed by atoms with E-state index in [-0.39, 0.29) is 5.88 Å². The molecule has 0 saturated heterocycles. The number of nitrogens with two attached hydrogens (primary N) is 1. The lowest BCUT2D eigenvalue weighted by Crippen LogP contribution is -2.49. The molecular weight excluding hydrogens is 258 g/mol. The Labute approximate surface area is 110 Å². The number of hydrogen-bond donors (Lipinski definition) is 2. The van der Waals surface area contributed by atoms with Crippen LogP contribution in [0.2, 0.25) is 0 Å². The molecule has 0 saturated carbocycles. The van der Waals surface area contributed by atoms with Gasteiger partial charge in [0, 0.05) is 17.8 Å². The number of alkyl halides is 1. The van der Waals surface area contributed by atoms with E-state index >= 15 is 0 Å². The minimum Gasteiger partial charge on any atom is -0.333 e. The van der Waals surface area contributed by atoms with Crippen molar-refractivity contribution >= 4 is 17.6 Å². The minimum absolute atomic E-state index is 0.221. The molecule has 0 spiro atoms. The van der Waals surface area contributed by atoms with E-state index in [9.17, 15) is 9.59 Å². The third kappa shape index (κ3) is 3.04. The van der Waals surface area contributed by atoms with E-state index < -0.39 is 17.3 Å². The molecule has 3 N–H and O–H groups in total. The summed E-state index contributed by atoms with van der Waals surface area (Å²) in [5, 5.41) is 6.51. The lowest BCUT2D eigenvalue weighted by molar-refractivity contribution is 0.230. The molecule has 102 valence electrons. The summed E-state index contributed by atoms with van der Waals surface area (Å²) in [6.45, 7) is 5.42. The summed E-state index contributed by atoms with van der Waals surface area (Å²) in [5.41, 5.74) is -1.29. The maximum absolute atomic E-state index is 11.9. The standard InChI is InChI=1S/C10H18ClN5O2/c1-4-5-7-14-16(9(18)15(7)12)8(17)13-10(2,3)6-11/h4-6,12H2,1-3H3,(H,13,17). The number of aromatic nitrogens is 3. The topological polar surface area (TPSA) is 94.9 Å². The molecule has 0 radical (unpaired) electrons. The van der Waals surface area contributed by atoms with Gasteiger partial charge in [0.25, 0.3) is 0 Å². The van der Waals surface area contributed by atoms with Crippen molar-refractivity contribution in [3.8, 4) is 0 Å². The third-order valence-corrected chi connectivity index (χ3v) is 2.99. The molecule has 0 aromatic carbocycles. The van der Waals surface area contributed by atoms with Crippen LogP contribution < -0.4 is 16.8 Å². The predicted molar refractivity (Wildman–Crippen MR) is 69.4 cm³/mol. The zero-order valence-electron chi connectivity index (χ0n) is 10.7. The van der Waals surface area contributed by atoms with Crippen molar-refractivity contribution in [2.24, 2.45) is 0 Å². The number of nitrogens with zero attached hydrogens (tertiary/aromatic N) is 3. The Balaban J connectivity index is 3.00. The Morgan fingerprint density at radius 3 is 2.67 bits per heavy atom. The lowest BCUT2D eigenvalue weighted by atomic mass is 10.1. The average Bonchev–Trinajstić information content (AvgIpc) is 2.57. The highest BCUT2D eigenvalue weighted by Gasteiger charge is 2.23. The number of carbonyl (C=O) groups is 1. The van der Waals surface area contributed by atoms with Crippen molar-refractivity contribution in [3.05, 3.63) is 16.3 Å². The summed E-state index contributed by atoms with van der Waals surface area (Å²) in [4.78, 5) is 23.6. The number of amides is 1. The first-order valence-corrected chi connectivity index (χ1v) is 6.20. The van der Waals surface area contributed by atoms with Gasteiger partial charge in [-0.3, -0.25) is 0 Å². The highest BCUT2D eigenvalue weighted by Crippen LogP contribution is 2.04. The van der Waals surface area contributed by atoms with Gasteiger partial charge in [0.1, 0.15) is 0 Å². The van der Waals surface area contributed by atoms with Crippen molar-refractivity contribution in [2.45, 2.75) is 39.2 Å². The van der Waals surface area contributed by atoms with Gasteiger partial charge in [-0.05, 0) is 20.3 Å². The molecule has 0 aliphatic rings. The van der Waals surface area contributed by atoms with E-state index in [0.29, 0.717) is 12.2 Å². The average molecular weight is 276 g/mol. The van der Waals surface area contributed by atoms with Crippen molar-refractivity contribution in [1.29, 1.82) is 0 Å². The van der Waals surface area contributed by atoms with E-state index in [0.717, 1.165) is 15.8 Å². The summed E-state index contributed by atoms with van der Waals surface area (Å²) in [7, 11) is 0. The molecule has 1 aromatic heterocycles. The molecule has 1 aromatic rings. The highest BCUT2D eigenvalue weighted by molar-refractivity contribution is 6.18. The number of aryl methyl sites for hydroxylation is 1.